The van der Waals surface area contributed by atoms with Crippen LogP contribution in [0, 0.1) is 5.82 Å². The third-order valence-corrected chi connectivity index (χ3v) is 3.41. The SMILES string of the molecule is C[C@H](Oc1ncc(-c2ccc3nnc(C(C)(F)F)n3n2)cc1F)C(F)F. The molecule has 0 radical (unpaired) electrons. The lowest BCUT2D eigenvalue weighted by Crippen LogP contribution is -2.22. The molecule has 0 N–H and O–H groups in total. The van der Waals surface area contributed by atoms with Gasteiger partial charge in [-0.05, 0) is 25.1 Å². The fraction of sp³-hybridized carbons (Fsp3) is 0.333. The van der Waals surface area contributed by atoms with E-state index in [4.69, 9.17) is 4.74 Å². The highest BCUT2D eigenvalue weighted by Gasteiger charge is 2.31. The summed E-state index contributed by atoms with van der Waals surface area (Å²) in [5, 5.41) is 11.0. The van der Waals surface area contributed by atoms with Gasteiger partial charge in [0, 0.05) is 18.7 Å². The molecular formula is C15H12F5N5O. The quantitative estimate of drug-likeness (QED) is 0.641. The van der Waals surface area contributed by atoms with Gasteiger partial charge in [-0.15, -0.1) is 10.2 Å². The molecule has 3 aromatic heterocycles. The van der Waals surface area contributed by atoms with Crippen LogP contribution in [0.2, 0.25) is 0 Å². The lowest BCUT2D eigenvalue weighted by atomic mass is 10.2. The Bertz CT molecular complexity index is 940. The summed E-state index contributed by atoms with van der Waals surface area (Å²) in [4.78, 5) is 3.66. The minimum absolute atomic E-state index is 0.0874. The van der Waals surface area contributed by atoms with Gasteiger partial charge in [0.05, 0.1) is 5.69 Å². The van der Waals surface area contributed by atoms with Crippen LogP contribution in [-0.4, -0.2) is 37.3 Å². The fourth-order valence-corrected chi connectivity index (χ4v) is 2.10. The van der Waals surface area contributed by atoms with Crippen molar-refractivity contribution >= 4 is 5.65 Å². The van der Waals surface area contributed by atoms with Gasteiger partial charge in [-0.2, -0.15) is 18.4 Å². The largest absolute Gasteiger partial charge is 0.466 e. The molecule has 0 aromatic carbocycles. The van der Waals surface area contributed by atoms with Crippen LogP contribution in [0.3, 0.4) is 0 Å². The number of alkyl halides is 4. The molecule has 1 atom stereocenters. The second-order valence-corrected chi connectivity index (χ2v) is 5.57. The van der Waals surface area contributed by atoms with Crippen molar-refractivity contribution in [3.8, 4) is 17.1 Å². The number of rotatable bonds is 5. The maximum Gasteiger partial charge on any atom is 0.305 e. The maximum absolute atomic E-state index is 14.1. The topological polar surface area (TPSA) is 65.2 Å². The predicted molar refractivity (Wildman–Crippen MR) is 79.6 cm³/mol. The third kappa shape index (κ3) is 3.41. The lowest BCUT2D eigenvalue weighted by molar-refractivity contribution is 0.00563. The Morgan fingerprint density at radius 3 is 2.54 bits per heavy atom. The smallest absolute Gasteiger partial charge is 0.305 e. The van der Waals surface area contributed by atoms with Gasteiger partial charge >= 0.3 is 5.92 Å². The van der Waals surface area contributed by atoms with Crippen molar-refractivity contribution in [1.82, 2.24) is 24.8 Å². The van der Waals surface area contributed by atoms with Crippen LogP contribution >= 0.6 is 0 Å². The van der Waals surface area contributed by atoms with Crippen molar-refractivity contribution < 1.29 is 26.7 Å². The highest BCUT2D eigenvalue weighted by Crippen LogP contribution is 2.27. The number of fused-ring (bicyclic) bond motifs is 1. The first-order chi connectivity index (χ1) is 12.2. The highest BCUT2D eigenvalue weighted by molar-refractivity contribution is 5.59. The Morgan fingerprint density at radius 1 is 1.19 bits per heavy atom. The van der Waals surface area contributed by atoms with Crippen molar-refractivity contribution in [3.63, 3.8) is 0 Å². The molecule has 3 heterocycles. The van der Waals surface area contributed by atoms with Crippen LogP contribution in [0.25, 0.3) is 16.9 Å². The molecule has 26 heavy (non-hydrogen) atoms. The summed E-state index contributed by atoms with van der Waals surface area (Å²) in [7, 11) is 0. The number of aromatic nitrogens is 5. The summed E-state index contributed by atoms with van der Waals surface area (Å²) in [6.45, 7) is 1.73. The number of nitrogens with zero attached hydrogens (tertiary/aromatic N) is 5. The van der Waals surface area contributed by atoms with E-state index in [0.29, 0.717) is 6.92 Å². The van der Waals surface area contributed by atoms with Crippen LogP contribution in [0.1, 0.15) is 19.7 Å². The van der Waals surface area contributed by atoms with E-state index in [1.54, 1.807) is 0 Å². The lowest BCUT2D eigenvalue weighted by Gasteiger charge is -2.13. The average molecular weight is 373 g/mol. The zero-order valence-electron chi connectivity index (χ0n) is 13.5. The molecular weight excluding hydrogens is 361 g/mol. The normalized spacial score (nSPS) is 13.4. The summed E-state index contributed by atoms with van der Waals surface area (Å²) in [6.07, 6.45) is -3.20. The average Bonchev–Trinajstić information content (AvgIpc) is 2.99. The van der Waals surface area contributed by atoms with Crippen molar-refractivity contribution in [2.45, 2.75) is 32.3 Å². The molecule has 0 aliphatic heterocycles. The van der Waals surface area contributed by atoms with Gasteiger partial charge in [0.2, 0.25) is 5.82 Å². The molecule has 11 heteroatoms. The Kier molecular flexibility index (Phi) is 4.46. The Labute approximate surface area is 143 Å². The Balaban J connectivity index is 1.97. The van der Waals surface area contributed by atoms with E-state index in [-0.39, 0.29) is 16.9 Å². The summed E-state index contributed by atoms with van der Waals surface area (Å²) < 4.78 is 71.7. The Hall–Kier alpha value is -2.85. The van der Waals surface area contributed by atoms with E-state index in [1.165, 1.54) is 12.1 Å². The molecule has 0 fully saturated rings. The second-order valence-electron chi connectivity index (χ2n) is 5.57. The van der Waals surface area contributed by atoms with Gasteiger partial charge in [0.1, 0.15) is 0 Å². The van der Waals surface area contributed by atoms with Crippen LogP contribution < -0.4 is 4.74 Å². The molecule has 0 aliphatic rings. The molecule has 3 aromatic rings. The molecule has 0 amide bonds. The van der Waals surface area contributed by atoms with E-state index in [0.717, 1.165) is 23.7 Å². The molecule has 0 saturated carbocycles. The third-order valence-electron chi connectivity index (χ3n) is 3.41. The predicted octanol–water partition coefficient (Wildman–Crippen LogP) is 3.47. The van der Waals surface area contributed by atoms with Crippen LogP contribution in [-0.2, 0) is 5.92 Å². The van der Waals surface area contributed by atoms with Crippen molar-refractivity contribution in [1.29, 1.82) is 0 Å². The number of ether oxygens (including phenoxy) is 1. The standard InChI is InChI=1S/C15H12F5N5O/c1-7(12(17)18)26-13-9(16)5-8(6-21-13)10-3-4-11-22-23-14(15(2,19)20)25(11)24-10/h3-7,12H,1-2H3/t7-/m0/s1. The summed E-state index contributed by atoms with van der Waals surface area (Å²) in [5.74, 6) is -5.53. The van der Waals surface area contributed by atoms with Gasteiger partial charge in [-0.1, -0.05) is 0 Å². The molecule has 138 valence electrons. The van der Waals surface area contributed by atoms with Crippen molar-refractivity contribution in [3.05, 3.63) is 36.0 Å². The first-order valence-electron chi connectivity index (χ1n) is 7.38. The number of halogens is 5. The molecule has 0 aliphatic carbocycles. The molecule has 0 spiro atoms. The highest BCUT2D eigenvalue weighted by atomic mass is 19.3. The summed E-state index contributed by atoms with van der Waals surface area (Å²) >= 11 is 0. The first-order valence-corrected chi connectivity index (χ1v) is 7.38. The fourth-order valence-electron chi connectivity index (χ4n) is 2.10. The van der Waals surface area contributed by atoms with E-state index in [1.807, 2.05) is 0 Å². The van der Waals surface area contributed by atoms with Gasteiger partial charge in [-0.3, -0.25) is 0 Å². The van der Waals surface area contributed by atoms with E-state index >= 15 is 0 Å². The molecule has 0 saturated heterocycles. The molecule has 3 rings (SSSR count). The van der Waals surface area contributed by atoms with E-state index < -0.39 is 36.0 Å². The van der Waals surface area contributed by atoms with Crippen LogP contribution in [0.15, 0.2) is 24.4 Å². The number of hydrogen-bond acceptors (Lipinski definition) is 5. The molecule has 6 nitrogen and oxygen atoms in total. The maximum atomic E-state index is 14.1. The van der Waals surface area contributed by atoms with Crippen LogP contribution in [0.5, 0.6) is 5.88 Å². The first kappa shape index (κ1) is 18.0. The Morgan fingerprint density at radius 2 is 1.92 bits per heavy atom. The number of pyridine rings is 1. The molecule has 0 bridgehead atoms. The monoisotopic (exact) mass is 373 g/mol. The van der Waals surface area contributed by atoms with Crippen molar-refractivity contribution in [2.24, 2.45) is 0 Å². The van der Waals surface area contributed by atoms with E-state index in [9.17, 15) is 22.0 Å². The minimum Gasteiger partial charge on any atom is -0.466 e. The van der Waals surface area contributed by atoms with Gasteiger partial charge in [0.25, 0.3) is 12.3 Å². The van der Waals surface area contributed by atoms with Gasteiger partial charge < -0.3 is 4.74 Å². The number of hydrogen-bond donors (Lipinski definition) is 0. The van der Waals surface area contributed by atoms with Crippen molar-refractivity contribution in [2.75, 3.05) is 0 Å². The van der Waals surface area contributed by atoms with Gasteiger partial charge in [-0.25, -0.2) is 18.2 Å². The zero-order valence-corrected chi connectivity index (χ0v) is 13.5. The zero-order chi connectivity index (χ0) is 19.1. The minimum atomic E-state index is -3.28. The van der Waals surface area contributed by atoms with E-state index in [2.05, 4.69) is 20.3 Å². The summed E-state index contributed by atoms with van der Waals surface area (Å²) in [5.41, 5.74) is 0.340. The van der Waals surface area contributed by atoms with Crippen LogP contribution in [0.4, 0.5) is 22.0 Å². The molecule has 0 unspecified atom stereocenters. The second kappa shape index (κ2) is 6.46. The summed E-state index contributed by atoms with van der Waals surface area (Å²) in [6, 6.07) is 3.76. The van der Waals surface area contributed by atoms with Gasteiger partial charge in [0.15, 0.2) is 17.6 Å².